The summed E-state index contributed by atoms with van der Waals surface area (Å²) in [4.78, 5) is 0. The first-order chi connectivity index (χ1) is 11.1. The molecular weight excluding hydrogens is 316 g/mol. The Labute approximate surface area is 141 Å². The summed E-state index contributed by atoms with van der Waals surface area (Å²) in [6.07, 6.45) is 12.5. The first kappa shape index (κ1) is 21.7. The van der Waals surface area contributed by atoms with Gasteiger partial charge in [-0.25, -0.2) is 0 Å². The molecule has 0 N–H and O–H groups in total. The molecule has 0 fully saturated rings. The van der Waals surface area contributed by atoms with Gasteiger partial charge < -0.3 is 27.5 Å². The summed E-state index contributed by atoms with van der Waals surface area (Å²) in [7, 11) is 0.724. The van der Waals surface area contributed by atoms with Crippen molar-refractivity contribution in [2.45, 2.75) is 45.6 Å². The van der Waals surface area contributed by atoms with Gasteiger partial charge in [-0.05, 0) is 19.3 Å². The largest absolute Gasteiger partial charge is 0.794 e. The molecule has 0 spiro atoms. The first-order valence-corrected chi connectivity index (χ1v) is 9.48. The van der Waals surface area contributed by atoms with Crippen molar-refractivity contribution in [2.24, 2.45) is 0 Å². The molecule has 0 aromatic heterocycles. The lowest BCUT2D eigenvalue weighted by Gasteiger charge is -2.37. The van der Waals surface area contributed by atoms with Gasteiger partial charge in [-0.2, -0.15) is 0 Å². The van der Waals surface area contributed by atoms with E-state index in [2.05, 4.69) is 0 Å². The van der Waals surface area contributed by atoms with Crippen LogP contribution in [0.3, 0.4) is 0 Å². The van der Waals surface area contributed by atoms with Gasteiger partial charge in [-0.1, -0.05) is 39.0 Å². The summed E-state index contributed by atoms with van der Waals surface area (Å²) in [6.45, 7) is 5.99. The molecule has 7 heteroatoms. The maximum Gasteiger partial charge on any atom is 0.794 e. The fourth-order valence-electron chi connectivity index (χ4n) is 1.63. The average molecular weight is 346 g/mol. The van der Waals surface area contributed by atoms with E-state index in [1.807, 2.05) is 39.0 Å². The van der Waals surface area contributed by atoms with Crippen molar-refractivity contribution in [3.63, 3.8) is 0 Å². The van der Waals surface area contributed by atoms with Gasteiger partial charge in [0.2, 0.25) is 0 Å². The summed E-state index contributed by atoms with van der Waals surface area (Å²) >= 11 is 0. The van der Waals surface area contributed by atoms with Gasteiger partial charge in [-0.15, -0.1) is 0 Å². The van der Waals surface area contributed by atoms with Crippen LogP contribution in [0.4, 0.5) is 0 Å². The monoisotopic (exact) mass is 346 g/mol. The summed E-state index contributed by atoms with van der Waals surface area (Å²) in [5, 5.41) is 0. The van der Waals surface area contributed by atoms with Crippen LogP contribution in [0.25, 0.3) is 0 Å². The second-order valence-electron chi connectivity index (χ2n) is 4.42. The zero-order valence-corrected chi connectivity index (χ0v) is 16.0. The van der Waals surface area contributed by atoms with Crippen molar-refractivity contribution in [1.82, 2.24) is 0 Å². The van der Waals surface area contributed by atoms with E-state index in [9.17, 15) is 0 Å². The van der Waals surface area contributed by atoms with Crippen LogP contribution in [-0.4, -0.2) is 35.7 Å². The van der Waals surface area contributed by atoms with Gasteiger partial charge in [0.1, 0.15) is 0 Å². The molecule has 0 bridgehead atoms. The van der Waals surface area contributed by atoms with E-state index in [4.69, 9.17) is 27.5 Å². The van der Waals surface area contributed by atoms with E-state index in [0.717, 1.165) is 19.3 Å². The first-order valence-electron chi connectivity index (χ1n) is 7.75. The van der Waals surface area contributed by atoms with Crippen LogP contribution < -0.4 is 0 Å². The molecule has 0 aromatic rings. The molecule has 0 atom stereocenters. The van der Waals surface area contributed by atoms with Crippen LogP contribution >= 0.6 is 0 Å². The van der Waals surface area contributed by atoms with Gasteiger partial charge >= 0.3 is 14.4 Å². The molecule has 0 aliphatic heterocycles. The fourth-order valence-corrected chi connectivity index (χ4v) is 3.80. The lowest BCUT2D eigenvalue weighted by atomic mass is 10.5. The zero-order chi connectivity index (χ0) is 17.6. The Morgan fingerprint density at radius 2 is 0.957 bits per heavy atom. The van der Waals surface area contributed by atoms with Crippen molar-refractivity contribution in [3.05, 3.63) is 37.0 Å². The zero-order valence-electron chi connectivity index (χ0n) is 15.0. The molecule has 0 aromatic carbocycles. The van der Waals surface area contributed by atoms with Gasteiger partial charge in [0, 0.05) is 21.3 Å². The molecule has 23 heavy (non-hydrogen) atoms. The smallest absolute Gasteiger partial charge is 0.486 e. The minimum absolute atomic E-state index is 0.806. The summed E-state index contributed by atoms with van der Waals surface area (Å²) in [5.74, 6) is 0. The summed E-state index contributed by atoms with van der Waals surface area (Å²) < 4.78 is 33.8. The van der Waals surface area contributed by atoms with Crippen molar-refractivity contribution in [3.8, 4) is 0 Å². The number of hydrogen-bond acceptors (Lipinski definition) is 6. The Bertz CT molecular complexity index is 328. The van der Waals surface area contributed by atoms with E-state index in [1.165, 1.54) is 40.1 Å². The van der Waals surface area contributed by atoms with E-state index in [1.54, 1.807) is 0 Å². The average Bonchev–Trinajstić information content (AvgIpc) is 2.57. The van der Waals surface area contributed by atoms with Crippen molar-refractivity contribution in [1.29, 1.82) is 0 Å². The Morgan fingerprint density at radius 3 is 1.17 bits per heavy atom. The number of methoxy groups -OCH3 is 3. The molecule has 0 saturated heterocycles. The van der Waals surface area contributed by atoms with Crippen LogP contribution in [0.2, 0.25) is 0 Å². The lowest BCUT2D eigenvalue weighted by Crippen LogP contribution is -2.66. The third-order valence-electron chi connectivity index (χ3n) is 2.85. The number of hydrogen-bond donors (Lipinski definition) is 0. The molecule has 6 nitrogen and oxygen atoms in total. The van der Waals surface area contributed by atoms with Crippen LogP contribution in [-0.2, 0) is 27.5 Å². The molecule has 0 aliphatic rings. The maximum absolute atomic E-state index is 5.84. The SMILES string of the molecule is CCC=CO[Si](OC=CCC)(OC=CCC)C(OC)(OC)OC. The number of ether oxygens (including phenoxy) is 3. The maximum atomic E-state index is 5.84. The van der Waals surface area contributed by atoms with E-state index < -0.39 is 14.4 Å². The van der Waals surface area contributed by atoms with Crippen LogP contribution in [0, 0.1) is 0 Å². The highest BCUT2D eigenvalue weighted by molar-refractivity contribution is 6.63. The van der Waals surface area contributed by atoms with Gasteiger partial charge in [0.15, 0.2) is 0 Å². The molecule has 0 saturated carbocycles. The predicted molar refractivity (Wildman–Crippen MR) is 91.1 cm³/mol. The van der Waals surface area contributed by atoms with Crippen LogP contribution in [0.15, 0.2) is 37.0 Å². The van der Waals surface area contributed by atoms with E-state index in [-0.39, 0.29) is 0 Å². The molecular formula is C16H30O6Si. The number of rotatable bonds is 13. The van der Waals surface area contributed by atoms with Crippen molar-refractivity contribution in [2.75, 3.05) is 21.3 Å². The molecule has 0 aliphatic carbocycles. The normalized spacial score (nSPS) is 15.4. The molecule has 0 heterocycles. The third kappa shape index (κ3) is 6.02. The predicted octanol–water partition coefficient (Wildman–Crippen LogP) is 3.88. The van der Waals surface area contributed by atoms with Crippen LogP contribution in [0.5, 0.6) is 0 Å². The van der Waals surface area contributed by atoms with Gasteiger partial charge in [0.05, 0.1) is 18.8 Å². The molecule has 0 radical (unpaired) electrons. The third-order valence-corrected chi connectivity index (χ3v) is 5.55. The second kappa shape index (κ2) is 12.2. The topological polar surface area (TPSA) is 55.4 Å². The Balaban J connectivity index is 5.79. The number of allylic oxidation sites excluding steroid dienone is 3. The minimum Gasteiger partial charge on any atom is -0.486 e. The Kier molecular flexibility index (Phi) is 11.5. The van der Waals surface area contributed by atoms with E-state index >= 15 is 0 Å². The molecule has 0 amide bonds. The highest BCUT2D eigenvalue weighted by atomic mass is 28.4. The lowest BCUT2D eigenvalue weighted by molar-refractivity contribution is -0.324. The van der Waals surface area contributed by atoms with Crippen LogP contribution in [0.1, 0.15) is 40.0 Å². The highest BCUT2D eigenvalue weighted by Gasteiger charge is 2.72. The minimum atomic E-state index is -3.61. The van der Waals surface area contributed by atoms with Crippen molar-refractivity contribution >= 4 is 8.80 Å². The molecule has 134 valence electrons. The standard InChI is InChI=1S/C16H30O6Si/c1-7-10-13-20-23(21-14-11-8-2,22-15-12-9-3)16(17-4,18-5)19-6/h10-15H,7-9H2,1-6H3. The highest BCUT2D eigenvalue weighted by Crippen LogP contribution is 2.31. The second-order valence-corrected chi connectivity index (χ2v) is 6.85. The van der Waals surface area contributed by atoms with E-state index in [0.29, 0.717) is 0 Å². The van der Waals surface area contributed by atoms with Crippen molar-refractivity contribution < 1.29 is 27.5 Å². The fraction of sp³-hybridized carbons (Fsp3) is 0.625. The summed E-state index contributed by atoms with van der Waals surface area (Å²) in [6, 6.07) is 0. The Morgan fingerprint density at radius 1 is 0.652 bits per heavy atom. The van der Waals surface area contributed by atoms with Gasteiger partial charge in [-0.3, -0.25) is 0 Å². The quantitative estimate of drug-likeness (QED) is 0.287. The molecule has 0 rings (SSSR count). The van der Waals surface area contributed by atoms with Gasteiger partial charge in [0.25, 0.3) is 0 Å². The Hall–Kier alpha value is -1.28. The summed E-state index contributed by atoms with van der Waals surface area (Å²) in [5.41, 5.74) is -1.60. The molecule has 0 unspecified atom stereocenters.